The molecule has 0 saturated carbocycles. The van der Waals surface area contributed by atoms with E-state index in [9.17, 15) is 14.9 Å². The number of nitrogens with two attached hydrogens (primary N) is 1. The first-order valence-corrected chi connectivity index (χ1v) is 7.37. The van der Waals surface area contributed by atoms with Gasteiger partial charge in [-0.25, -0.2) is 0 Å². The van der Waals surface area contributed by atoms with Gasteiger partial charge in [0.15, 0.2) is 0 Å². The van der Waals surface area contributed by atoms with Crippen molar-refractivity contribution >= 4 is 23.2 Å². The van der Waals surface area contributed by atoms with Gasteiger partial charge in [-0.05, 0) is 6.07 Å². The molecular weight excluding hydrogens is 322 g/mol. The summed E-state index contributed by atoms with van der Waals surface area (Å²) < 4.78 is 1.56. The lowest BCUT2D eigenvalue weighted by atomic mass is 10.0. The fraction of sp³-hybridized carbons (Fsp3) is 0.286. The Bertz CT molecular complexity index is 802. The van der Waals surface area contributed by atoms with Gasteiger partial charge in [0.2, 0.25) is 5.91 Å². The molecule has 0 atom stereocenters. The number of hydrogen-bond acceptors (Lipinski definition) is 5. The summed E-state index contributed by atoms with van der Waals surface area (Å²) in [5, 5.41) is 19.0. The minimum Gasteiger partial charge on any atom is -0.368 e. The fourth-order valence-electron chi connectivity index (χ4n) is 2.72. The summed E-state index contributed by atoms with van der Waals surface area (Å²) in [6, 6.07) is 4.22. The number of non-ortho nitro benzene ring substituents is 1. The van der Waals surface area contributed by atoms with Gasteiger partial charge in [-0.1, -0.05) is 11.6 Å². The van der Waals surface area contributed by atoms with E-state index >= 15 is 0 Å². The summed E-state index contributed by atoms with van der Waals surface area (Å²) in [7, 11) is 0. The molecule has 1 amide bonds. The van der Waals surface area contributed by atoms with E-state index in [-0.39, 0.29) is 12.2 Å². The van der Waals surface area contributed by atoms with Crippen LogP contribution in [0.2, 0.25) is 5.02 Å². The van der Waals surface area contributed by atoms with E-state index in [4.69, 9.17) is 17.3 Å². The molecule has 0 fully saturated rings. The zero-order chi connectivity index (χ0) is 16.6. The quantitative estimate of drug-likeness (QED) is 0.644. The van der Waals surface area contributed by atoms with Crippen LogP contribution in [0.5, 0.6) is 0 Å². The molecule has 1 aromatic carbocycles. The summed E-state index contributed by atoms with van der Waals surface area (Å²) >= 11 is 6.21. The summed E-state index contributed by atoms with van der Waals surface area (Å²) in [6.45, 7) is 1.29. The molecule has 3 rings (SSSR count). The highest BCUT2D eigenvalue weighted by Gasteiger charge is 2.24. The molecule has 3 N–H and O–H groups in total. The summed E-state index contributed by atoms with van der Waals surface area (Å²) in [5.41, 5.74) is 8.02. The van der Waals surface area contributed by atoms with Crippen molar-refractivity contribution in [2.24, 2.45) is 5.73 Å². The third-order valence-electron chi connectivity index (χ3n) is 3.73. The average molecular weight is 336 g/mol. The maximum absolute atomic E-state index is 11.2. The maximum Gasteiger partial charge on any atom is 0.270 e. The van der Waals surface area contributed by atoms with Crippen LogP contribution in [0.15, 0.2) is 18.2 Å². The van der Waals surface area contributed by atoms with Crippen molar-refractivity contribution < 1.29 is 9.72 Å². The fourth-order valence-corrected chi connectivity index (χ4v) is 2.93. The standard InChI is InChI=1S/C14H14ClN5O3/c15-11-2-1-8(20(22)23)5-9(11)14-10-6-17-4-3-12(10)19(18-14)7-13(16)21/h1-2,5,17H,3-4,6-7H2,(H2,16,21). The minimum absolute atomic E-state index is 0.0329. The molecule has 0 spiro atoms. The number of carbonyl (C=O) groups excluding carboxylic acids is 1. The first kappa shape index (κ1) is 15.4. The third kappa shape index (κ3) is 2.90. The van der Waals surface area contributed by atoms with Crippen LogP contribution >= 0.6 is 11.6 Å². The van der Waals surface area contributed by atoms with Crippen molar-refractivity contribution in [1.29, 1.82) is 0 Å². The number of fused-ring (bicyclic) bond motifs is 1. The maximum atomic E-state index is 11.2. The molecule has 1 aliphatic rings. The Balaban J connectivity index is 2.16. The Morgan fingerprint density at radius 3 is 3.00 bits per heavy atom. The van der Waals surface area contributed by atoms with Gasteiger partial charge in [0.05, 0.1) is 15.6 Å². The van der Waals surface area contributed by atoms with E-state index in [0.29, 0.717) is 29.2 Å². The minimum atomic E-state index is -0.495. The highest BCUT2D eigenvalue weighted by Crippen LogP contribution is 2.35. The molecule has 8 nitrogen and oxygen atoms in total. The lowest BCUT2D eigenvalue weighted by Gasteiger charge is -2.15. The van der Waals surface area contributed by atoms with Gasteiger partial charge >= 0.3 is 0 Å². The highest BCUT2D eigenvalue weighted by atomic mass is 35.5. The molecule has 1 aromatic heterocycles. The number of hydrogen-bond donors (Lipinski definition) is 2. The van der Waals surface area contributed by atoms with Crippen molar-refractivity contribution in [2.75, 3.05) is 6.54 Å². The number of nitro benzene ring substituents is 1. The van der Waals surface area contributed by atoms with Gasteiger partial charge in [-0.3, -0.25) is 19.6 Å². The Hall–Kier alpha value is -2.45. The van der Waals surface area contributed by atoms with Crippen molar-refractivity contribution in [3.63, 3.8) is 0 Å². The Morgan fingerprint density at radius 2 is 2.30 bits per heavy atom. The van der Waals surface area contributed by atoms with Crippen molar-refractivity contribution in [1.82, 2.24) is 15.1 Å². The number of nitrogens with zero attached hydrogens (tertiary/aromatic N) is 3. The summed E-state index contributed by atoms with van der Waals surface area (Å²) in [4.78, 5) is 21.8. The molecular formula is C14H14ClN5O3. The van der Waals surface area contributed by atoms with E-state index < -0.39 is 10.8 Å². The zero-order valence-corrected chi connectivity index (χ0v) is 12.8. The number of nitrogens with one attached hydrogen (secondary N) is 1. The number of benzene rings is 1. The molecule has 1 aliphatic heterocycles. The molecule has 0 saturated heterocycles. The zero-order valence-electron chi connectivity index (χ0n) is 12.1. The van der Waals surface area contributed by atoms with Crippen LogP contribution in [0.3, 0.4) is 0 Å². The smallest absolute Gasteiger partial charge is 0.270 e. The van der Waals surface area contributed by atoms with Gasteiger partial charge in [-0.2, -0.15) is 5.10 Å². The second-order valence-electron chi connectivity index (χ2n) is 5.25. The Labute approximate surface area is 136 Å². The molecule has 2 aromatic rings. The van der Waals surface area contributed by atoms with Crippen LogP contribution in [0, 0.1) is 10.1 Å². The molecule has 2 heterocycles. The van der Waals surface area contributed by atoms with Crippen LogP contribution in [-0.2, 0) is 24.3 Å². The largest absolute Gasteiger partial charge is 0.368 e. The number of primary amides is 1. The van der Waals surface area contributed by atoms with E-state index in [2.05, 4.69) is 10.4 Å². The first-order chi connectivity index (χ1) is 11.0. The van der Waals surface area contributed by atoms with Crippen molar-refractivity contribution in [3.8, 4) is 11.3 Å². The predicted molar refractivity (Wildman–Crippen MR) is 83.9 cm³/mol. The number of nitro groups is 1. The number of halogens is 1. The topological polar surface area (TPSA) is 116 Å². The van der Waals surface area contributed by atoms with Crippen molar-refractivity contribution in [2.45, 2.75) is 19.5 Å². The Morgan fingerprint density at radius 1 is 1.52 bits per heavy atom. The highest BCUT2D eigenvalue weighted by molar-refractivity contribution is 6.33. The van der Waals surface area contributed by atoms with Crippen LogP contribution in [0.25, 0.3) is 11.3 Å². The number of aromatic nitrogens is 2. The first-order valence-electron chi connectivity index (χ1n) is 6.99. The van der Waals surface area contributed by atoms with E-state index in [1.54, 1.807) is 4.68 Å². The van der Waals surface area contributed by atoms with Gasteiger partial charge in [-0.15, -0.1) is 0 Å². The SMILES string of the molecule is NC(=O)Cn1nc(-c2cc([N+](=O)[O-])ccc2Cl)c2c1CCNC2. The van der Waals surface area contributed by atoms with E-state index in [1.165, 1.54) is 18.2 Å². The monoisotopic (exact) mass is 335 g/mol. The third-order valence-corrected chi connectivity index (χ3v) is 4.06. The second-order valence-corrected chi connectivity index (χ2v) is 5.65. The molecule has 0 radical (unpaired) electrons. The lowest BCUT2D eigenvalue weighted by Crippen LogP contribution is -2.27. The number of carbonyl (C=O) groups is 1. The van der Waals surface area contributed by atoms with Crippen LogP contribution in [-0.4, -0.2) is 27.2 Å². The predicted octanol–water partition coefficient (Wildman–Crippen LogP) is 1.24. The summed E-state index contributed by atoms with van der Waals surface area (Å²) in [6.07, 6.45) is 0.697. The van der Waals surface area contributed by atoms with Gasteiger partial charge in [0.25, 0.3) is 5.69 Å². The van der Waals surface area contributed by atoms with Gasteiger partial charge in [0, 0.05) is 48.5 Å². The van der Waals surface area contributed by atoms with E-state index in [1.807, 2.05) is 0 Å². The molecule has 0 bridgehead atoms. The molecule has 120 valence electrons. The second kappa shape index (κ2) is 5.98. The van der Waals surface area contributed by atoms with E-state index in [0.717, 1.165) is 17.8 Å². The van der Waals surface area contributed by atoms with Crippen LogP contribution in [0.4, 0.5) is 5.69 Å². The molecule has 23 heavy (non-hydrogen) atoms. The molecule has 0 unspecified atom stereocenters. The summed E-state index contributed by atoms with van der Waals surface area (Å²) in [5.74, 6) is -0.495. The average Bonchev–Trinajstić information content (AvgIpc) is 2.86. The van der Waals surface area contributed by atoms with Gasteiger partial charge in [0.1, 0.15) is 6.54 Å². The number of rotatable bonds is 4. The lowest BCUT2D eigenvalue weighted by molar-refractivity contribution is -0.384. The Kier molecular flexibility index (Phi) is 4.01. The molecule has 9 heteroatoms. The van der Waals surface area contributed by atoms with Gasteiger partial charge < -0.3 is 11.1 Å². The normalized spacial score (nSPS) is 13.6. The van der Waals surface area contributed by atoms with Crippen molar-refractivity contribution in [3.05, 3.63) is 44.6 Å². The van der Waals surface area contributed by atoms with Crippen LogP contribution in [0.1, 0.15) is 11.3 Å². The number of amides is 1. The molecule has 0 aliphatic carbocycles. The van der Waals surface area contributed by atoms with Crippen LogP contribution < -0.4 is 11.1 Å².